The van der Waals surface area contributed by atoms with Crippen molar-refractivity contribution in [1.82, 2.24) is 5.32 Å². The maximum atomic E-state index is 6.75. The summed E-state index contributed by atoms with van der Waals surface area (Å²) in [5.41, 5.74) is 11.5. The van der Waals surface area contributed by atoms with Crippen LogP contribution in [0.1, 0.15) is 13.8 Å². The van der Waals surface area contributed by atoms with E-state index in [4.69, 9.17) is 16.9 Å². The molecule has 4 N–H and O–H groups in total. The van der Waals surface area contributed by atoms with Gasteiger partial charge in [-0.05, 0) is 6.54 Å². The van der Waals surface area contributed by atoms with Gasteiger partial charge < -0.3 is 22.2 Å². The maximum absolute atomic E-state index is 6.75. The zero-order chi connectivity index (χ0) is 9.70. The summed E-state index contributed by atoms with van der Waals surface area (Å²) in [6, 6.07) is 0. The van der Waals surface area contributed by atoms with Crippen LogP contribution in [0.5, 0.6) is 0 Å². The second kappa shape index (κ2) is 37.9. The minimum Gasteiger partial charge on any atom is -0.817 e. The molecule has 0 spiro atoms. The van der Waals surface area contributed by atoms with Gasteiger partial charge in [-0.2, -0.15) is 0 Å². The molecule has 0 aromatic carbocycles. The first-order valence-corrected chi connectivity index (χ1v) is 3.35. The molecule has 0 aliphatic heterocycles. The summed E-state index contributed by atoms with van der Waals surface area (Å²) in [7, 11) is 0. The van der Waals surface area contributed by atoms with Crippen LogP contribution in [0, 0.1) is 0 Å². The van der Waals surface area contributed by atoms with Crippen molar-refractivity contribution in [3.8, 4) is 0 Å². The SMILES string of the molecule is C=C([NH-])NCC.C=[N-].CCN.[Y].[Y]. The molecule has 0 saturated carbocycles. The molecule has 6 heteroatoms. The summed E-state index contributed by atoms with van der Waals surface area (Å²) >= 11 is 0. The molecule has 0 saturated heterocycles. The van der Waals surface area contributed by atoms with Crippen molar-refractivity contribution in [2.24, 2.45) is 5.73 Å². The molecule has 4 nitrogen and oxygen atoms in total. The third-order valence-corrected chi connectivity index (χ3v) is 0.390. The molecule has 0 unspecified atom stereocenters. The van der Waals surface area contributed by atoms with Gasteiger partial charge in [-0.15, -0.1) is 6.58 Å². The van der Waals surface area contributed by atoms with Gasteiger partial charge >= 0.3 is 0 Å². The van der Waals surface area contributed by atoms with Crippen molar-refractivity contribution < 1.29 is 65.4 Å². The van der Waals surface area contributed by atoms with Gasteiger partial charge in [0.2, 0.25) is 0 Å². The van der Waals surface area contributed by atoms with Crippen LogP contribution in [-0.4, -0.2) is 19.8 Å². The van der Waals surface area contributed by atoms with Crippen LogP contribution in [-0.2, 0) is 65.4 Å². The molecule has 13 heavy (non-hydrogen) atoms. The van der Waals surface area contributed by atoms with Gasteiger partial charge in [-0.3, -0.25) is 0 Å². The number of nitrogens with zero attached hydrogens (tertiary/aromatic N) is 1. The van der Waals surface area contributed by atoms with Crippen LogP contribution in [0.15, 0.2) is 12.4 Å². The summed E-state index contributed by atoms with van der Waals surface area (Å²) < 4.78 is 0. The first-order valence-electron chi connectivity index (χ1n) is 3.35. The predicted molar refractivity (Wildman–Crippen MR) is 52.3 cm³/mol. The minimum atomic E-state index is 0. The summed E-state index contributed by atoms with van der Waals surface area (Å²) in [5.74, 6) is 0.289. The Kier molecular flexibility index (Phi) is 85.3. The van der Waals surface area contributed by atoms with E-state index in [0.29, 0.717) is 0 Å². The van der Waals surface area contributed by atoms with E-state index >= 15 is 0 Å². The van der Waals surface area contributed by atoms with Gasteiger partial charge in [0.05, 0.1) is 0 Å². The van der Waals surface area contributed by atoms with Crippen LogP contribution in [0.3, 0.4) is 0 Å². The number of hydrogen-bond donors (Lipinski definition) is 2. The molecule has 0 heterocycles. The van der Waals surface area contributed by atoms with Crippen molar-refractivity contribution in [3.05, 3.63) is 23.5 Å². The van der Waals surface area contributed by atoms with E-state index in [1.807, 2.05) is 13.8 Å². The van der Waals surface area contributed by atoms with Gasteiger partial charge in [0.1, 0.15) is 0 Å². The molecule has 0 bridgehead atoms. The molecule has 0 aliphatic carbocycles. The van der Waals surface area contributed by atoms with Crippen molar-refractivity contribution in [2.45, 2.75) is 13.8 Å². The molecule has 0 amide bonds. The minimum absolute atomic E-state index is 0. The molecule has 2 radical (unpaired) electrons. The fourth-order valence-electron chi connectivity index (χ4n) is 0.213. The van der Waals surface area contributed by atoms with E-state index in [2.05, 4.69) is 18.6 Å². The van der Waals surface area contributed by atoms with E-state index in [-0.39, 0.29) is 71.2 Å². The zero-order valence-corrected chi connectivity index (χ0v) is 14.2. The average Bonchev–Trinajstić information content (AvgIpc) is 1.93. The Hall–Kier alpha value is 1.18. The Balaban J connectivity index is -0.0000000268. The quantitative estimate of drug-likeness (QED) is 0.746. The van der Waals surface area contributed by atoms with Gasteiger partial charge in [0, 0.05) is 65.4 Å². The summed E-state index contributed by atoms with van der Waals surface area (Å²) in [5, 5.41) is 9.43. The van der Waals surface area contributed by atoms with Crippen LogP contribution in [0.4, 0.5) is 0 Å². The summed E-state index contributed by atoms with van der Waals surface area (Å²) in [6.07, 6.45) is 0. The van der Waals surface area contributed by atoms with Gasteiger partial charge in [-0.1, -0.05) is 26.2 Å². The Bertz CT molecular complexity index is 80.9. The normalized spacial score (nSPS) is 5.15. The van der Waals surface area contributed by atoms with E-state index in [9.17, 15) is 0 Å². The molecule has 0 atom stereocenters. The molecule has 0 aromatic heterocycles. The molecule has 0 aromatic rings. The first kappa shape index (κ1) is 29.2. The number of nitrogens with two attached hydrogens (primary N) is 1. The third-order valence-electron chi connectivity index (χ3n) is 0.390. The number of nitrogens with one attached hydrogen (secondary N) is 2. The summed E-state index contributed by atoms with van der Waals surface area (Å²) in [6.45, 7) is 10.9. The van der Waals surface area contributed by atoms with E-state index in [0.717, 1.165) is 13.1 Å². The monoisotopic (exact) mass is 336 g/mol. The second-order valence-electron chi connectivity index (χ2n) is 1.42. The molecule has 0 rings (SSSR count). The molecule has 0 aliphatic rings. The Labute approximate surface area is 132 Å². The number of hydrogen-bond acceptors (Lipinski definition) is 2. The summed E-state index contributed by atoms with van der Waals surface area (Å²) in [4.78, 5) is 0. The standard InChI is InChI=1S/C4H9N2.C2H7N.CH2N.2Y/c1-3-6-4(2)5;1-2-3;1-2;;/h5-6H,2-3H2,1H3;2-3H2,1H3;1H2;;/q-1;;-1;;. The van der Waals surface area contributed by atoms with Crippen LogP contribution in [0.25, 0.3) is 11.1 Å². The van der Waals surface area contributed by atoms with E-state index in [1.165, 1.54) is 0 Å². The van der Waals surface area contributed by atoms with Gasteiger partial charge in [0.25, 0.3) is 0 Å². The Morgan fingerprint density at radius 3 is 1.62 bits per heavy atom. The Morgan fingerprint density at radius 2 is 1.62 bits per heavy atom. The number of rotatable bonds is 2. The van der Waals surface area contributed by atoms with Crippen LogP contribution >= 0.6 is 0 Å². The molecule has 0 fully saturated rings. The Morgan fingerprint density at radius 1 is 1.38 bits per heavy atom. The van der Waals surface area contributed by atoms with Gasteiger partial charge in [-0.25, -0.2) is 6.72 Å². The van der Waals surface area contributed by atoms with Crippen molar-refractivity contribution >= 4 is 6.72 Å². The van der Waals surface area contributed by atoms with Crippen molar-refractivity contribution in [3.63, 3.8) is 0 Å². The second-order valence-corrected chi connectivity index (χ2v) is 1.42. The van der Waals surface area contributed by atoms with Crippen molar-refractivity contribution in [1.29, 1.82) is 0 Å². The van der Waals surface area contributed by atoms with E-state index in [1.54, 1.807) is 0 Å². The molecular formula is C7H18N4Y2-2. The fraction of sp³-hybridized carbons (Fsp3) is 0.571. The van der Waals surface area contributed by atoms with Crippen LogP contribution < -0.4 is 11.1 Å². The smallest absolute Gasteiger partial charge is 0 e. The van der Waals surface area contributed by atoms with E-state index < -0.39 is 0 Å². The zero-order valence-electron chi connectivity index (χ0n) is 8.51. The average molecular weight is 336 g/mol. The van der Waals surface area contributed by atoms with Crippen molar-refractivity contribution in [2.75, 3.05) is 13.1 Å². The largest absolute Gasteiger partial charge is 0.817 e. The maximum Gasteiger partial charge on any atom is 0 e. The topological polar surface area (TPSA) is 84.1 Å². The fourth-order valence-corrected chi connectivity index (χ4v) is 0.213. The van der Waals surface area contributed by atoms with Gasteiger partial charge in [0.15, 0.2) is 0 Å². The van der Waals surface area contributed by atoms with Crippen LogP contribution in [0.2, 0.25) is 0 Å². The molecule has 74 valence electrons. The predicted octanol–water partition coefficient (Wildman–Crippen LogP) is 1.34. The molecular weight excluding hydrogens is 318 g/mol. The first-order chi connectivity index (χ1) is 5.18. The third kappa shape index (κ3) is 94.3.